The van der Waals surface area contributed by atoms with Gasteiger partial charge in [-0.3, -0.25) is 4.79 Å². The number of carbonyl (C=O) groups is 1. The first-order valence-corrected chi connectivity index (χ1v) is 8.20. The van der Waals surface area contributed by atoms with Crippen molar-refractivity contribution in [3.05, 3.63) is 90.0 Å². The molecule has 3 aromatic rings. The van der Waals surface area contributed by atoms with Gasteiger partial charge in [-0.1, -0.05) is 42.5 Å². The van der Waals surface area contributed by atoms with E-state index in [9.17, 15) is 15.2 Å². The minimum atomic E-state index is -0.565. The van der Waals surface area contributed by atoms with Gasteiger partial charge in [0.1, 0.15) is 23.1 Å². The lowest BCUT2D eigenvalue weighted by atomic mass is 10.1. The van der Waals surface area contributed by atoms with Crippen molar-refractivity contribution in [2.75, 3.05) is 5.32 Å². The third-order valence-electron chi connectivity index (χ3n) is 3.65. The maximum atomic E-state index is 12.5. The maximum absolute atomic E-state index is 12.5. The van der Waals surface area contributed by atoms with Crippen LogP contribution in [0.15, 0.2) is 84.4 Å². The van der Waals surface area contributed by atoms with Gasteiger partial charge in [-0.2, -0.15) is 5.26 Å². The molecule has 0 aromatic heterocycles. The van der Waals surface area contributed by atoms with Crippen LogP contribution in [0, 0.1) is 11.3 Å². The smallest absolute Gasteiger partial charge is 0.266 e. The van der Waals surface area contributed by atoms with Crippen molar-refractivity contribution in [1.82, 2.24) is 0 Å². The van der Waals surface area contributed by atoms with Gasteiger partial charge < -0.3 is 15.2 Å². The van der Waals surface area contributed by atoms with E-state index >= 15 is 0 Å². The maximum Gasteiger partial charge on any atom is 0.266 e. The molecule has 0 atom stereocenters. The van der Waals surface area contributed by atoms with Crippen molar-refractivity contribution in [3.63, 3.8) is 0 Å². The quantitative estimate of drug-likeness (QED) is 0.511. The third-order valence-corrected chi connectivity index (χ3v) is 3.65. The number of para-hydroxylation sites is 3. The molecule has 0 heterocycles. The molecule has 0 fully saturated rings. The van der Waals surface area contributed by atoms with E-state index in [2.05, 4.69) is 5.32 Å². The number of nitrogens with one attached hydrogen (secondary N) is 1. The molecule has 3 aromatic carbocycles. The van der Waals surface area contributed by atoms with Gasteiger partial charge in [-0.25, -0.2) is 0 Å². The summed E-state index contributed by atoms with van der Waals surface area (Å²) in [5.41, 5.74) is 0.911. The standard InChI is InChI=1S/C22H16N2O3/c23-15-17(13-16-7-6-8-18(25)14-16)22(26)24-20-11-4-5-12-21(20)27-19-9-2-1-3-10-19/h1-14,25H,(H,24,26)/b17-13+. The summed E-state index contributed by atoms with van der Waals surface area (Å²) in [6.45, 7) is 0. The Balaban J connectivity index is 1.82. The monoisotopic (exact) mass is 356 g/mol. The highest BCUT2D eigenvalue weighted by molar-refractivity contribution is 6.10. The molecule has 0 unspecified atom stereocenters. The molecule has 0 spiro atoms. The Hall–Kier alpha value is -4.04. The number of hydrogen-bond donors (Lipinski definition) is 2. The number of nitriles is 1. The van der Waals surface area contributed by atoms with Crippen LogP contribution in [0.4, 0.5) is 5.69 Å². The first kappa shape index (κ1) is 17.8. The average molecular weight is 356 g/mol. The van der Waals surface area contributed by atoms with E-state index in [4.69, 9.17) is 4.74 Å². The van der Waals surface area contributed by atoms with Crippen molar-refractivity contribution < 1.29 is 14.6 Å². The number of rotatable bonds is 5. The van der Waals surface area contributed by atoms with Crippen molar-refractivity contribution in [2.45, 2.75) is 0 Å². The molecule has 132 valence electrons. The fraction of sp³-hybridized carbons (Fsp3) is 0. The van der Waals surface area contributed by atoms with Gasteiger partial charge >= 0.3 is 0 Å². The normalized spacial score (nSPS) is 10.7. The summed E-state index contributed by atoms with van der Waals surface area (Å²) in [7, 11) is 0. The van der Waals surface area contributed by atoms with Crippen LogP contribution in [-0.4, -0.2) is 11.0 Å². The van der Waals surface area contributed by atoms with Gasteiger partial charge in [0.2, 0.25) is 0 Å². The van der Waals surface area contributed by atoms with Gasteiger partial charge in [-0.05, 0) is 48.0 Å². The lowest BCUT2D eigenvalue weighted by Crippen LogP contribution is -2.14. The summed E-state index contributed by atoms with van der Waals surface area (Å²) < 4.78 is 5.81. The Bertz CT molecular complexity index is 1020. The van der Waals surface area contributed by atoms with E-state index in [1.54, 1.807) is 48.5 Å². The summed E-state index contributed by atoms with van der Waals surface area (Å²) in [6, 6.07) is 24.4. The van der Waals surface area contributed by atoms with Crippen molar-refractivity contribution in [2.24, 2.45) is 0 Å². The van der Waals surface area contributed by atoms with Crippen LogP contribution < -0.4 is 10.1 Å². The Kier molecular flexibility index (Phi) is 5.51. The molecular weight excluding hydrogens is 340 g/mol. The van der Waals surface area contributed by atoms with Crippen LogP contribution in [0.5, 0.6) is 17.2 Å². The highest BCUT2D eigenvalue weighted by atomic mass is 16.5. The van der Waals surface area contributed by atoms with E-state index in [0.29, 0.717) is 22.7 Å². The average Bonchev–Trinajstić information content (AvgIpc) is 2.68. The number of phenols is 1. The lowest BCUT2D eigenvalue weighted by molar-refractivity contribution is -0.112. The number of amides is 1. The zero-order valence-electron chi connectivity index (χ0n) is 14.3. The van der Waals surface area contributed by atoms with E-state index in [1.807, 2.05) is 24.3 Å². The predicted octanol–water partition coefficient (Wildman–Crippen LogP) is 4.73. The molecule has 0 aliphatic carbocycles. The molecule has 1 amide bonds. The topological polar surface area (TPSA) is 82.3 Å². The molecule has 27 heavy (non-hydrogen) atoms. The predicted molar refractivity (Wildman–Crippen MR) is 103 cm³/mol. The van der Waals surface area contributed by atoms with Crippen molar-refractivity contribution >= 4 is 17.7 Å². The van der Waals surface area contributed by atoms with Crippen LogP contribution in [0.2, 0.25) is 0 Å². The molecular formula is C22H16N2O3. The Morgan fingerprint density at radius 1 is 1.00 bits per heavy atom. The van der Waals surface area contributed by atoms with Crippen LogP contribution in [0.1, 0.15) is 5.56 Å². The second-order valence-electron chi connectivity index (χ2n) is 5.63. The second kappa shape index (κ2) is 8.37. The van der Waals surface area contributed by atoms with E-state index in [0.717, 1.165) is 0 Å². The summed E-state index contributed by atoms with van der Waals surface area (Å²) in [4.78, 5) is 12.5. The molecule has 5 heteroatoms. The Morgan fingerprint density at radius 3 is 2.48 bits per heavy atom. The third kappa shape index (κ3) is 4.74. The Labute approximate surface area is 156 Å². The zero-order chi connectivity index (χ0) is 19.1. The molecule has 3 rings (SSSR count). The minimum Gasteiger partial charge on any atom is -0.508 e. The SMILES string of the molecule is N#C/C(=C\c1cccc(O)c1)C(=O)Nc1ccccc1Oc1ccccc1. The highest BCUT2D eigenvalue weighted by Crippen LogP contribution is 2.29. The molecule has 5 nitrogen and oxygen atoms in total. The minimum absolute atomic E-state index is 0.0584. The van der Waals surface area contributed by atoms with Gasteiger partial charge in [0, 0.05) is 0 Å². The fourth-order valence-corrected chi connectivity index (χ4v) is 2.39. The summed E-state index contributed by atoms with van der Waals surface area (Å²) in [5.74, 6) is 0.592. The van der Waals surface area contributed by atoms with Crippen LogP contribution in [0.3, 0.4) is 0 Å². The number of phenolic OH excluding ortho intramolecular Hbond substituents is 1. The van der Waals surface area contributed by atoms with Gasteiger partial charge in [0.05, 0.1) is 5.69 Å². The molecule has 0 saturated heterocycles. The van der Waals surface area contributed by atoms with Crippen molar-refractivity contribution in [1.29, 1.82) is 5.26 Å². The summed E-state index contributed by atoms with van der Waals surface area (Å²) >= 11 is 0. The number of nitrogens with zero attached hydrogens (tertiary/aromatic N) is 1. The van der Waals surface area contributed by atoms with E-state index < -0.39 is 5.91 Å². The molecule has 0 aliphatic rings. The number of ether oxygens (including phenoxy) is 1. The number of aromatic hydroxyl groups is 1. The molecule has 2 N–H and O–H groups in total. The summed E-state index contributed by atoms with van der Waals surface area (Å²) in [5, 5.41) is 21.6. The lowest BCUT2D eigenvalue weighted by Gasteiger charge is -2.12. The molecule has 0 radical (unpaired) electrons. The van der Waals surface area contributed by atoms with Crippen LogP contribution >= 0.6 is 0 Å². The van der Waals surface area contributed by atoms with Crippen LogP contribution in [0.25, 0.3) is 6.08 Å². The highest BCUT2D eigenvalue weighted by Gasteiger charge is 2.13. The first-order chi connectivity index (χ1) is 13.2. The second-order valence-corrected chi connectivity index (χ2v) is 5.63. The van der Waals surface area contributed by atoms with Crippen LogP contribution in [-0.2, 0) is 4.79 Å². The zero-order valence-corrected chi connectivity index (χ0v) is 14.3. The van der Waals surface area contributed by atoms with Gasteiger partial charge in [0.25, 0.3) is 5.91 Å². The first-order valence-electron chi connectivity index (χ1n) is 8.20. The molecule has 0 saturated carbocycles. The number of benzene rings is 3. The number of anilines is 1. The number of hydrogen-bond acceptors (Lipinski definition) is 4. The van der Waals surface area contributed by atoms with Gasteiger partial charge in [-0.15, -0.1) is 0 Å². The molecule has 0 aliphatic heterocycles. The molecule has 0 bridgehead atoms. The fourth-order valence-electron chi connectivity index (χ4n) is 2.39. The largest absolute Gasteiger partial charge is 0.508 e. The van der Waals surface area contributed by atoms with E-state index in [-0.39, 0.29) is 11.3 Å². The summed E-state index contributed by atoms with van der Waals surface area (Å²) in [6.07, 6.45) is 1.41. The number of carbonyl (C=O) groups excluding carboxylic acids is 1. The van der Waals surface area contributed by atoms with Gasteiger partial charge in [0.15, 0.2) is 5.75 Å². The Morgan fingerprint density at radius 2 is 1.74 bits per heavy atom. The van der Waals surface area contributed by atoms with Crippen molar-refractivity contribution in [3.8, 4) is 23.3 Å². The van der Waals surface area contributed by atoms with E-state index in [1.165, 1.54) is 18.2 Å².